The number of nitrogens with one attached hydrogen (secondary N) is 3. The number of H-pyrrole nitrogens is 1. The molecule has 0 saturated heterocycles. The lowest BCUT2D eigenvalue weighted by Gasteiger charge is -2.23. The van der Waals surface area contributed by atoms with Crippen molar-refractivity contribution in [3.63, 3.8) is 0 Å². The molecule has 10 nitrogen and oxygen atoms in total. The molecule has 2 aromatic carbocycles. The van der Waals surface area contributed by atoms with Gasteiger partial charge in [-0.05, 0) is 23.6 Å². The fourth-order valence-electron chi connectivity index (χ4n) is 4.10. The SMILES string of the molecule is O=C(O)c1ncoc1CCNC(=O)[C@H](Cc1ccccc1)NC(Cc1c[nH]c2ccccc12)C(=O)O. The average Bonchev–Trinajstić information content (AvgIpc) is 3.51. The minimum Gasteiger partial charge on any atom is -0.480 e. The van der Waals surface area contributed by atoms with E-state index in [1.807, 2.05) is 54.6 Å². The Morgan fingerprint density at radius 1 is 0.972 bits per heavy atom. The first-order valence-corrected chi connectivity index (χ1v) is 11.4. The standard InChI is InChI=1S/C26H26N4O6/c31-24(27-11-10-22-23(26(34)35)29-15-36-22)20(12-16-6-2-1-3-7-16)30-21(25(32)33)13-17-14-28-19-9-5-4-8-18(17)19/h1-9,14-15,20-21,28,30H,10-13H2,(H,27,31)(H,32,33)(H,34,35)/t20-,21?/m0/s1. The number of carboxylic acid groups (broad SMARTS) is 2. The van der Waals surface area contributed by atoms with Crippen LogP contribution in [0.5, 0.6) is 0 Å². The van der Waals surface area contributed by atoms with E-state index in [1.165, 1.54) is 0 Å². The van der Waals surface area contributed by atoms with Gasteiger partial charge < -0.3 is 24.9 Å². The van der Waals surface area contributed by atoms with Crippen molar-refractivity contribution in [3.05, 3.63) is 89.8 Å². The summed E-state index contributed by atoms with van der Waals surface area (Å²) in [5.74, 6) is -2.53. The molecule has 1 amide bonds. The third kappa shape index (κ3) is 5.97. The van der Waals surface area contributed by atoms with Gasteiger partial charge in [-0.3, -0.25) is 14.9 Å². The Kier molecular flexibility index (Phi) is 7.76. The maximum absolute atomic E-state index is 13.1. The molecule has 4 rings (SSSR count). The lowest BCUT2D eigenvalue weighted by Crippen LogP contribution is -2.53. The van der Waals surface area contributed by atoms with Crippen molar-refractivity contribution in [1.29, 1.82) is 0 Å². The van der Waals surface area contributed by atoms with Crippen LogP contribution in [0.1, 0.15) is 27.4 Å². The molecule has 0 aliphatic rings. The molecule has 186 valence electrons. The van der Waals surface area contributed by atoms with Crippen LogP contribution in [0, 0.1) is 0 Å². The van der Waals surface area contributed by atoms with E-state index in [4.69, 9.17) is 9.52 Å². The van der Waals surface area contributed by atoms with Crippen LogP contribution >= 0.6 is 0 Å². The van der Waals surface area contributed by atoms with Crippen LogP contribution < -0.4 is 10.6 Å². The number of aromatic nitrogens is 2. The molecule has 2 heterocycles. The average molecular weight is 491 g/mol. The van der Waals surface area contributed by atoms with Gasteiger partial charge in [-0.1, -0.05) is 48.5 Å². The van der Waals surface area contributed by atoms with Gasteiger partial charge in [-0.15, -0.1) is 0 Å². The molecule has 1 unspecified atom stereocenters. The quantitative estimate of drug-likeness (QED) is 0.203. The number of carboxylic acids is 2. The molecule has 0 bridgehead atoms. The van der Waals surface area contributed by atoms with Gasteiger partial charge in [0.15, 0.2) is 12.1 Å². The van der Waals surface area contributed by atoms with Gasteiger partial charge in [0, 0.05) is 36.5 Å². The fraction of sp³-hybridized carbons (Fsp3) is 0.231. The molecule has 0 aliphatic heterocycles. The summed E-state index contributed by atoms with van der Waals surface area (Å²) in [5.41, 5.74) is 2.40. The van der Waals surface area contributed by atoms with Crippen molar-refractivity contribution in [2.45, 2.75) is 31.3 Å². The largest absolute Gasteiger partial charge is 0.480 e. The van der Waals surface area contributed by atoms with Crippen LogP contribution in [0.25, 0.3) is 10.9 Å². The maximum Gasteiger partial charge on any atom is 0.358 e. The molecule has 0 fully saturated rings. The summed E-state index contributed by atoms with van der Waals surface area (Å²) in [7, 11) is 0. The number of aliphatic carboxylic acids is 1. The molecule has 0 radical (unpaired) electrons. The van der Waals surface area contributed by atoms with Crippen molar-refractivity contribution in [1.82, 2.24) is 20.6 Å². The molecule has 5 N–H and O–H groups in total. The van der Waals surface area contributed by atoms with E-state index in [0.717, 1.165) is 28.4 Å². The molecule has 10 heteroatoms. The van der Waals surface area contributed by atoms with Crippen LogP contribution in [-0.4, -0.2) is 56.7 Å². The zero-order valence-corrected chi connectivity index (χ0v) is 19.3. The van der Waals surface area contributed by atoms with Crippen LogP contribution in [0.2, 0.25) is 0 Å². The predicted molar refractivity (Wildman–Crippen MR) is 131 cm³/mol. The number of hydrogen-bond donors (Lipinski definition) is 5. The number of oxazole rings is 1. The van der Waals surface area contributed by atoms with E-state index in [1.54, 1.807) is 6.20 Å². The van der Waals surface area contributed by atoms with Crippen LogP contribution in [0.15, 0.2) is 71.6 Å². The first-order valence-electron chi connectivity index (χ1n) is 11.4. The van der Waals surface area contributed by atoms with E-state index in [2.05, 4.69) is 20.6 Å². The molecule has 2 atom stereocenters. The Balaban J connectivity index is 1.48. The fourth-order valence-corrected chi connectivity index (χ4v) is 4.10. The third-order valence-corrected chi connectivity index (χ3v) is 5.89. The second-order valence-electron chi connectivity index (χ2n) is 8.33. The maximum atomic E-state index is 13.1. The number of carbonyl (C=O) groups excluding carboxylic acids is 1. The lowest BCUT2D eigenvalue weighted by atomic mass is 10.0. The number of fused-ring (bicyclic) bond motifs is 1. The number of aromatic carboxylic acids is 1. The van der Waals surface area contributed by atoms with Gasteiger partial charge in [0.05, 0.1) is 6.04 Å². The summed E-state index contributed by atoms with van der Waals surface area (Å²) >= 11 is 0. The number of rotatable bonds is 12. The molecule has 4 aromatic rings. The Hall–Kier alpha value is -4.44. The zero-order chi connectivity index (χ0) is 25.5. The van der Waals surface area contributed by atoms with Crippen molar-refractivity contribution in [2.75, 3.05) is 6.54 Å². The number of aromatic amines is 1. The summed E-state index contributed by atoms with van der Waals surface area (Å²) in [6.45, 7) is 0.0987. The van der Waals surface area contributed by atoms with E-state index < -0.39 is 29.9 Å². The normalized spacial score (nSPS) is 12.8. The van der Waals surface area contributed by atoms with Gasteiger partial charge in [0.1, 0.15) is 11.8 Å². The highest BCUT2D eigenvalue weighted by Crippen LogP contribution is 2.19. The smallest absolute Gasteiger partial charge is 0.358 e. The molecule has 36 heavy (non-hydrogen) atoms. The van der Waals surface area contributed by atoms with E-state index in [0.29, 0.717) is 0 Å². The highest BCUT2D eigenvalue weighted by molar-refractivity contribution is 5.87. The highest BCUT2D eigenvalue weighted by Gasteiger charge is 2.27. The van der Waals surface area contributed by atoms with Crippen molar-refractivity contribution in [3.8, 4) is 0 Å². The van der Waals surface area contributed by atoms with Crippen LogP contribution in [0.3, 0.4) is 0 Å². The minimum absolute atomic E-state index is 0.0987. The van der Waals surface area contributed by atoms with Gasteiger partial charge in [0.25, 0.3) is 0 Å². The number of amides is 1. The van der Waals surface area contributed by atoms with Gasteiger partial charge in [0.2, 0.25) is 5.91 Å². The van der Waals surface area contributed by atoms with Crippen molar-refractivity contribution < 1.29 is 29.0 Å². The number of para-hydroxylation sites is 1. The van der Waals surface area contributed by atoms with E-state index >= 15 is 0 Å². The van der Waals surface area contributed by atoms with Crippen molar-refractivity contribution >= 4 is 28.7 Å². The lowest BCUT2D eigenvalue weighted by molar-refractivity contribution is -0.140. The Labute approximate surface area is 206 Å². The molecule has 0 spiro atoms. The molecular formula is C26H26N4O6. The van der Waals surface area contributed by atoms with Gasteiger partial charge in [-0.25, -0.2) is 9.78 Å². The Morgan fingerprint density at radius 2 is 1.72 bits per heavy atom. The predicted octanol–water partition coefficient (Wildman–Crippen LogP) is 2.41. The Bertz CT molecular complexity index is 1350. The topological polar surface area (TPSA) is 158 Å². The molecule has 0 saturated carbocycles. The van der Waals surface area contributed by atoms with E-state index in [-0.39, 0.29) is 37.3 Å². The number of carbonyl (C=O) groups is 3. The summed E-state index contributed by atoms with van der Waals surface area (Å²) in [5, 5.41) is 25.8. The second-order valence-corrected chi connectivity index (χ2v) is 8.33. The van der Waals surface area contributed by atoms with Gasteiger partial charge in [-0.2, -0.15) is 0 Å². The Morgan fingerprint density at radius 3 is 2.47 bits per heavy atom. The van der Waals surface area contributed by atoms with E-state index in [9.17, 15) is 19.5 Å². The highest BCUT2D eigenvalue weighted by atomic mass is 16.4. The first-order chi connectivity index (χ1) is 17.4. The third-order valence-electron chi connectivity index (χ3n) is 5.89. The molecule has 2 aromatic heterocycles. The number of benzene rings is 2. The summed E-state index contributed by atoms with van der Waals surface area (Å²) in [6, 6.07) is 15.1. The molecular weight excluding hydrogens is 464 g/mol. The second kappa shape index (κ2) is 11.3. The van der Waals surface area contributed by atoms with Crippen molar-refractivity contribution in [2.24, 2.45) is 0 Å². The van der Waals surface area contributed by atoms with Gasteiger partial charge >= 0.3 is 11.9 Å². The summed E-state index contributed by atoms with van der Waals surface area (Å²) in [4.78, 5) is 43.3. The number of hydrogen-bond acceptors (Lipinski definition) is 6. The molecule has 0 aliphatic carbocycles. The van der Waals surface area contributed by atoms with Crippen LogP contribution in [0.4, 0.5) is 0 Å². The summed E-state index contributed by atoms with van der Waals surface area (Å²) in [6.07, 6.45) is 3.41. The number of nitrogens with zero attached hydrogens (tertiary/aromatic N) is 1. The summed E-state index contributed by atoms with van der Waals surface area (Å²) < 4.78 is 5.11. The monoisotopic (exact) mass is 490 g/mol. The minimum atomic E-state index is -1.21. The van der Waals surface area contributed by atoms with Crippen LogP contribution in [-0.2, 0) is 28.9 Å². The zero-order valence-electron chi connectivity index (χ0n) is 19.3. The first kappa shape index (κ1) is 24.7.